The van der Waals surface area contributed by atoms with Crippen molar-refractivity contribution in [2.75, 3.05) is 27.7 Å². The van der Waals surface area contributed by atoms with Crippen molar-refractivity contribution in [2.45, 2.75) is 13.0 Å². The van der Waals surface area contributed by atoms with Gasteiger partial charge in [0.2, 0.25) is 0 Å². The molecule has 5 nitrogen and oxygen atoms in total. The van der Waals surface area contributed by atoms with E-state index < -0.39 is 0 Å². The van der Waals surface area contributed by atoms with Crippen LogP contribution in [0.25, 0.3) is 0 Å². The van der Waals surface area contributed by atoms with Gasteiger partial charge in [0.25, 0.3) is 5.91 Å². The van der Waals surface area contributed by atoms with Gasteiger partial charge in [-0.1, -0.05) is 24.3 Å². The predicted molar refractivity (Wildman–Crippen MR) is 118 cm³/mol. The van der Waals surface area contributed by atoms with Gasteiger partial charge in [0.1, 0.15) is 5.82 Å². The van der Waals surface area contributed by atoms with Gasteiger partial charge in [0, 0.05) is 39.8 Å². The molecule has 7 heteroatoms. The molecular weight excluding hydrogens is 458 g/mol. The third-order valence-corrected chi connectivity index (χ3v) is 4.02. The first-order valence-electron chi connectivity index (χ1n) is 8.50. The third-order valence-electron chi connectivity index (χ3n) is 4.02. The van der Waals surface area contributed by atoms with Gasteiger partial charge in [-0.25, -0.2) is 4.39 Å². The van der Waals surface area contributed by atoms with Crippen LogP contribution in [0.5, 0.6) is 0 Å². The van der Waals surface area contributed by atoms with E-state index in [0.29, 0.717) is 18.7 Å². The summed E-state index contributed by atoms with van der Waals surface area (Å²) in [5.74, 6) is 0.435. The predicted octanol–water partition coefficient (Wildman–Crippen LogP) is 3.05. The van der Waals surface area contributed by atoms with Gasteiger partial charge in [0.15, 0.2) is 5.96 Å². The molecule has 1 amide bonds. The molecule has 0 unspecified atom stereocenters. The molecule has 27 heavy (non-hydrogen) atoms. The minimum absolute atomic E-state index is 0. The Morgan fingerprint density at radius 3 is 2.48 bits per heavy atom. The van der Waals surface area contributed by atoms with Crippen LogP contribution in [0.3, 0.4) is 0 Å². The van der Waals surface area contributed by atoms with E-state index in [1.807, 2.05) is 30.1 Å². The summed E-state index contributed by atoms with van der Waals surface area (Å²) in [7, 11) is 5.29. The van der Waals surface area contributed by atoms with E-state index in [2.05, 4.69) is 15.6 Å². The second-order valence-electron chi connectivity index (χ2n) is 5.99. The lowest BCUT2D eigenvalue weighted by Gasteiger charge is -2.22. The fourth-order valence-corrected chi connectivity index (χ4v) is 2.65. The number of hydrogen-bond acceptors (Lipinski definition) is 2. The fourth-order valence-electron chi connectivity index (χ4n) is 2.65. The normalized spacial score (nSPS) is 10.7. The molecular formula is C20H26FIN4O. The highest BCUT2D eigenvalue weighted by atomic mass is 127. The third kappa shape index (κ3) is 7.16. The fraction of sp³-hybridized carbons (Fsp3) is 0.300. The highest BCUT2D eigenvalue weighted by Crippen LogP contribution is 2.07. The molecule has 0 aliphatic carbocycles. The second-order valence-corrected chi connectivity index (χ2v) is 5.99. The van der Waals surface area contributed by atoms with Crippen LogP contribution in [0.1, 0.15) is 21.5 Å². The Balaban J connectivity index is 0.00000364. The molecule has 2 N–H and O–H groups in total. The van der Waals surface area contributed by atoms with Crippen LogP contribution in [0.4, 0.5) is 4.39 Å². The van der Waals surface area contributed by atoms with Crippen LogP contribution >= 0.6 is 24.0 Å². The molecule has 146 valence electrons. The Labute approximate surface area is 177 Å². The van der Waals surface area contributed by atoms with Crippen molar-refractivity contribution in [3.05, 3.63) is 71.0 Å². The zero-order valence-electron chi connectivity index (χ0n) is 15.8. The molecule has 0 saturated carbocycles. The smallest absolute Gasteiger partial charge is 0.251 e. The number of halogens is 2. The molecule has 0 bridgehead atoms. The zero-order valence-corrected chi connectivity index (χ0v) is 18.2. The zero-order chi connectivity index (χ0) is 18.9. The van der Waals surface area contributed by atoms with Crippen molar-refractivity contribution in [3.63, 3.8) is 0 Å². The van der Waals surface area contributed by atoms with Crippen LogP contribution in [0.15, 0.2) is 53.5 Å². The van der Waals surface area contributed by atoms with Crippen molar-refractivity contribution < 1.29 is 9.18 Å². The van der Waals surface area contributed by atoms with E-state index in [9.17, 15) is 9.18 Å². The number of carbonyl (C=O) groups is 1. The van der Waals surface area contributed by atoms with Gasteiger partial charge in [-0.2, -0.15) is 0 Å². The molecule has 0 aliphatic heterocycles. The van der Waals surface area contributed by atoms with Gasteiger partial charge in [0.05, 0.1) is 0 Å². The summed E-state index contributed by atoms with van der Waals surface area (Å²) >= 11 is 0. The molecule has 0 atom stereocenters. The number of amides is 1. The summed E-state index contributed by atoms with van der Waals surface area (Å²) in [5, 5.41) is 5.94. The van der Waals surface area contributed by atoms with Crippen LogP contribution in [0.2, 0.25) is 0 Å². The average Bonchev–Trinajstić information content (AvgIpc) is 2.66. The maximum absolute atomic E-state index is 13.0. The highest BCUT2D eigenvalue weighted by Gasteiger charge is 2.07. The van der Waals surface area contributed by atoms with Crippen molar-refractivity contribution in [3.8, 4) is 0 Å². The number of nitrogens with zero attached hydrogens (tertiary/aromatic N) is 2. The molecule has 2 aromatic rings. The first-order chi connectivity index (χ1) is 12.5. The SMILES string of the molecule is CN=C(NCCc1cccc(C(=O)NC)c1)N(C)Cc1ccc(F)cc1.I. The van der Waals surface area contributed by atoms with E-state index in [0.717, 1.165) is 23.5 Å². The van der Waals surface area contributed by atoms with Crippen LogP contribution in [-0.4, -0.2) is 44.5 Å². The number of nitrogens with one attached hydrogen (secondary N) is 2. The van der Waals surface area contributed by atoms with Gasteiger partial charge < -0.3 is 15.5 Å². The number of benzene rings is 2. The average molecular weight is 484 g/mol. The monoisotopic (exact) mass is 484 g/mol. The standard InChI is InChI=1S/C20H25FN4O.HI/c1-22-19(26)17-6-4-5-15(13-17)11-12-24-20(23-2)25(3)14-16-7-9-18(21)10-8-16;/h4-10,13H,11-12,14H2,1-3H3,(H,22,26)(H,23,24);1H. The molecule has 2 aromatic carbocycles. The summed E-state index contributed by atoms with van der Waals surface area (Å²) < 4.78 is 13.0. The van der Waals surface area contributed by atoms with E-state index in [4.69, 9.17) is 0 Å². The molecule has 0 heterocycles. The number of rotatable bonds is 6. The highest BCUT2D eigenvalue weighted by molar-refractivity contribution is 14.0. The minimum atomic E-state index is -0.238. The van der Waals surface area contributed by atoms with Gasteiger partial charge >= 0.3 is 0 Å². The lowest BCUT2D eigenvalue weighted by atomic mass is 10.1. The molecule has 0 saturated heterocycles. The molecule has 0 radical (unpaired) electrons. The lowest BCUT2D eigenvalue weighted by Crippen LogP contribution is -2.39. The minimum Gasteiger partial charge on any atom is -0.356 e. The van der Waals surface area contributed by atoms with Crippen molar-refractivity contribution in [1.82, 2.24) is 15.5 Å². The number of hydrogen-bond donors (Lipinski definition) is 2. The lowest BCUT2D eigenvalue weighted by molar-refractivity contribution is 0.0963. The maximum atomic E-state index is 13.0. The van der Waals surface area contributed by atoms with Gasteiger partial charge in [-0.3, -0.25) is 9.79 Å². The number of carbonyl (C=O) groups excluding carboxylic acids is 1. The van der Waals surface area contributed by atoms with Crippen LogP contribution < -0.4 is 10.6 Å². The molecule has 0 spiro atoms. The quantitative estimate of drug-likeness (QED) is 0.377. The molecule has 2 rings (SSSR count). The molecule has 0 fully saturated rings. The largest absolute Gasteiger partial charge is 0.356 e. The van der Waals surface area contributed by atoms with Crippen molar-refractivity contribution in [2.24, 2.45) is 4.99 Å². The molecule has 0 aliphatic rings. The van der Waals surface area contributed by atoms with Crippen LogP contribution in [-0.2, 0) is 13.0 Å². The summed E-state index contributed by atoms with van der Waals surface area (Å²) in [6, 6.07) is 14.0. The van der Waals surface area contributed by atoms with Crippen molar-refractivity contribution in [1.29, 1.82) is 0 Å². The summed E-state index contributed by atoms with van der Waals surface area (Å²) in [5.41, 5.74) is 2.74. The summed E-state index contributed by atoms with van der Waals surface area (Å²) in [4.78, 5) is 18.0. The Morgan fingerprint density at radius 2 is 1.85 bits per heavy atom. The van der Waals surface area contributed by atoms with E-state index >= 15 is 0 Å². The van der Waals surface area contributed by atoms with Gasteiger partial charge in [-0.15, -0.1) is 24.0 Å². The Bertz CT molecular complexity index is 765. The first-order valence-corrected chi connectivity index (χ1v) is 8.50. The summed E-state index contributed by atoms with van der Waals surface area (Å²) in [6.07, 6.45) is 0.772. The Kier molecular flexibility index (Phi) is 9.77. The van der Waals surface area contributed by atoms with E-state index in [1.165, 1.54) is 12.1 Å². The Hall–Kier alpha value is -2.16. The van der Waals surface area contributed by atoms with Gasteiger partial charge in [-0.05, 0) is 41.8 Å². The number of guanidine groups is 1. The molecule has 0 aromatic heterocycles. The second kappa shape index (κ2) is 11.5. The van der Waals surface area contributed by atoms with Crippen LogP contribution in [0, 0.1) is 5.82 Å². The van der Waals surface area contributed by atoms with Crippen molar-refractivity contribution >= 4 is 35.8 Å². The first kappa shape index (κ1) is 22.9. The Morgan fingerprint density at radius 1 is 1.15 bits per heavy atom. The topological polar surface area (TPSA) is 56.7 Å². The number of aliphatic imine (C=N–C) groups is 1. The van der Waals surface area contributed by atoms with E-state index in [1.54, 1.807) is 32.3 Å². The van der Waals surface area contributed by atoms with E-state index in [-0.39, 0.29) is 35.7 Å². The maximum Gasteiger partial charge on any atom is 0.251 e. The summed E-state index contributed by atoms with van der Waals surface area (Å²) in [6.45, 7) is 1.32.